The summed E-state index contributed by atoms with van der Waals surface area (Å²) in [5.74, 6) is -1.76. The largest absolute Gasteiger partial charge is 0.451 e. The van der Waals surface area contributed by atoms with Crippen molar-refractivity contribution in [2.24, 2.45) is 11.8 Å². The minimum Gasteiger partial charge on any atom is -0.451 e. The molecular weight excluding hydrogens is 490 g/mol. The Kier molecular flexibility index (Phi) is 6.94. The number of imide groups is 1. The fraction of sp³-hybridized carbons (Fsp3) is 0.267. The van der Waals surface area contributed by atoms with Crippen molar-refractivity contribution in [1.82, 2.24) is 0 Å². The van der Waals surface area contributed by atoms with Crippen LogP contribution >= 0.6 is 11.6 Å². The maximum Gasteiger partial charge on any atom is 0.338 e. The lowest BCUT2D eigenvalue weighted by Crippen LogP contribution is -2.31. The van der Waals surface area contributed by atoms with E-state index in [1.165, 1.54) is 29.5 Å². The SMILES string of the molecule is CC(OC(=O)c1ccc(N2C(=O)C3CCC(c4ccccc4)CC3C2=O)cc1)C(=O)c1ccc(Cl)cc1. The highest BCUT2D eigenvalue weighted by Crippen LogP contribution is 2.45. The van der Waals surface area contributed by atoms with Gasteiger partial charge in [0.25, 0.3) is 0 Å². The van der Waals surface area contributed by atoms with Crippen LogP contribution in [-0.4, -0.2) is 29.7 Å². The number of amides is 2. The number of esters is 1. The molecule has 0 radical (unpaired) electrons. The Morgan fingerprint density at radius 2 is 1.46 bits per heavy atom. The number of anilines is 1. The van der Waals surface area contributed by atoms with E-state index in [0.29, 0.717) is 29.1 Å². The molecule has 3 aromatic carbocycles. The van der Waals surface area contributed by atoms with Crippen LogP contribution in [0.1, 0.15) is 58.4 Å². The number of Topliss-reactive ketones (excluding diaryl/α,β-unsaturated/α-hetero) is 1. The van der Waals surface area contributed by atoms with E-state index in [9.17, 15) is 19.2 Å². The highest BCUT2D eigenvalue weighted by molar-refractivity contribution is 6.30. The first-order valence-corrected chi connectivity index (χ1v) is 12.7. The van der Waals surface area contributed by atoms with Crippen LogP contribution < -0.4 is 4.90 Å². The lowest BCUT2D eigenvalue weighted by Gasteiger charge is -2.28. The summed E-state index contributed by atoms with van der Waals surface area (Å²) in [6, 6.07) is 22.6. The second-order valence-corrected chi connectivity index (χ2v) is 10.0. The van der Waals surface area contributed by atoms with Gasteiger partial charge in [0.05, 0.1) is 23.1 Å². The van der Waals surface area contributed by atoms with Crippen LogP contribution in [0.25, 0.3) is 0 Å². The van der Waals surface area contributed by atoms with Crippen molar-refractivity contribution in [3.8, 4) is 0 Å². The van der Waals surface area contributed by atoms with Gasteiger partial charge < -0.3 is 4.74 Å². The lowest BCUT2D eigenvalue weighted by atomic mass is 9.73. The van der Waals surface area contributed by atoms with E-state index in [1.54, 1.807) is 36.4 Å². The van der Waals surface area contributed by atoms with Crippen molar-refractivity contribution in [2.75, 3.05) is 4.90 Å². The Morgan fingerprint density at radius 1 is 0.838 bits per heavy atom. The van der Waals surface area contributed by atoms with Gasteiger partial charge in [0.15, 0.2) is 6.10 Å². The van der Waals surface area contributed by atoms with Crippen LogP contribution in [-0.2, 0) is 14.3 Å². The van der Waals surface area contributed by atoms with Crippen molar-refractivity contribution in [3.63, 3.8) is 0 Å². The number of halogens is 1. The second-order valence-electron chi connectivity index (χ2n) is 9.61. The predicted molar refractivity (Wildman–Crippen MR) is 140 cm³/mol. The molecule has 3 aromatic rings. The topological polar surface area (TPSA) is 80.8 Å². The minimum absolute atomic E-state index is 0.181. The number of nitrogens with zero attached hydrogens (tertiary/aromatic N) is 1. The van der Waals surface area contributed by atoms with Crippen LogP contribution in [0.5, 0.6) is 0 Å². The van der Waals surface area contributed by atoms with Crippen molar-refractivity contribution >= 4 is 40.9 Å². The number of rotatable bonds is 6. The number of fused-ring (bicyclic) bond motifs is 1. The van der Waals surface area contributed by atoms with E-state index in [1.807, 2.05) is 18.2 Å². The average Bonchev–Trinajstić information content (AvgIpc) is 3.18. The molecule has 1 heterocycles. The van der Waals surface area contributed by atoms with Gasteiger partial charge in [-0.2, -0.15) is 0 Å². The maximum atomic E-state index is 13.3. The summed E-state index contributed by atoms with van der Waals surface area (Å²) in [6.45, 7) is 1.51. The standard InChI is InChI=1S/C30H26ClNO5/c1-18(27(33)20-7-12-23(31)13-8-20)37-30(36)21-9-14-24(15-10-21)32-28(34)25-16-11-22(17-26(25)29(32)35)19-5-3-2-4-6-19/h2-10,12-15,18,22,25-26H,11,16-17H2,1H3. The van der Waals surface area contributed by atoms with Crippen LogP contribution in [0.2, 0.25) is 5.02 Å². The minimum atomic E-state index is -0.990. The average molecular weight is 516 g/mol. The van der Waals surface area contributed by atoms with Crippen LogP contribution in [0.15, 0.2) is 78.9 Å². The van der Waals surface area contributed by atoms with E-state index in [4.69, 9.17) is 16.3 Å². The van der Waals surface area contributed by atoms with Gasteiger partial charge in [0.1, 0.15) is 0 Å². The first-order chi connectivity index (χ1) is 17.8. The molecule has 0 spiro atoms. The van der Waals surface area contributed by atoms with Gasteiger partial charge in [-0.3, -0.25) is 19.3 Å². The van der Waals surface area contributed by atoms with Crippen molar-refractivity contribution in [3.05, 3.63) is 101 Å². The molecule has 0 N–H and O–H groups in total. The highest BCUT2D eigenvalue weighted by Gasteiger charge is 2.50. The van der Waals surface area contributed by atoms with Gasteiger partial charge in [0.2, 0.25) is 17.6 Å². The third-order valence-corrected chi connectivity index (χ3v) is 7.59. The number of hydrogen-bond acceptors (Lipinski definition) is 5. The first kappa shape index (κ1) is 24.9. The molecule has 188 valence electrons. The van der Waals surface area contributed by atoms with Crippen LogP contribution in [0.4, 0.5) is 5.69 Å². The van der Waals surface area contributed by atoms with E-state index in [0.717, 1.165) is 6.42 Å². The first-order valence-electron chi connectivity index (χ1n) is 12.4. The molecule has 37 heavy (non-hydrogen) atoms. The number of ether oxygens (including phenoxy) is 1. The van der Waals surface area contributed by atoms with Gasteiger partial charge in [-0.25, -0.2) is 4.79 Å². The molecule has 7 heteroatoms. The van der Waals surface area contributed by atoms with Crippen molar-refractivity contribution < 1.29 is 23.9 Å². The number of carbonyl (C=O) groups is 4. The summed E-state index contributed by atoms with van der Waals surface area (Å²) in [5.41, 5.74) is 2.25. The monoisotopic (exact) mass is 515 g/mol. The summed E-state index contributed by atoms with van der Waals surface area (Å²) < 4.78 is 5.35. The van der Waals surface area contributed by atoms with Gasteiger partial charge in [-0.1, -0.05) is 41.9 Å². The molecule has 1 aliphatic carbocycles. The number of benzene rings is 3. The summed E-state index contributed by atoms with van der Waals surface area (Å²) in [6.07, 6.45) is 1.21. The van der Waals surface area contributed by atoms with Crippen molar-refractivity contribution in [1.29, 1.82) is 0 Å². The Hall–Kier alpha value is -3.77. The zero-order chi connectivity index (χ0) is 26.1. The molecule has 0 bridgehead atoms. The molecule has 2 fully saturated rings. The molecule has 1 aliphatic heterocycles. The Balaban J connectivity index is 1.25. The molecular formula is C30H26ClNO5. The molecule has 1 saturated heterocycles. The third-order valence-electron chi connectivity index (χ3n) is 7.34. The molecule has 0 aromatic heterocycles. The molecule has 2 amide bonds. The van der Waals surface area contributed by atoms with Gasteiger partial charge in [-0.15, -0.1) is 0 Å². The molecule has 4 atom stereocenters. The molecule has 2 aliphatic rings. The fourth-order valence-corrected chi connectivity index (χ4v) is 5.47. The summed E-state index contributed by atoms with van der Waals surface area (Å²) >= 11 is 5.86. The van der Waals surface area contributed by atoms with E-state index < -0.39 is 12.1 Å². The van der Waals surface area contributed by atoms with E-state index in [2.05, 4.69) is 12.1 Å². The van der Waals surface area contributed by atoms with E-state index >= 15 is 0 Å². The predicted octanol–water partition coefficient (Wildman–Crippen LogP) is 5.84. The number of ketones is 1. The maximum absolute atomic E-state index is 13.3. The highest BCUT2D eigenvalue weighted by atomic mass is 35.5. The van der Waals surface area contributed by atoms with Crippen LogP contribution in [0, 0.1) is 11.8 Å². The lowest BCUT2D eigenvalue weighted by molar-refractivity contribution is -0.122. The Morgan fingerprint density at radius 3 is 2.14 bits per heavy atom. The van der Waals surface area contributed by atoms with Gasteiger partial charge in [0, 0.05) is 10.6 Å². The number of carbonyl (C=O) groups excluding carboxylic acids is 4. The Bertz CT molecular complexity index is 1340. The Labute approximate surface area is 220 Å². The zero-order valence-corrected chi connectivity index (χ0v) is 21.1. The fourth-order valence-electron chi connectivity index (χ4n) is 5.34. The zero-order valence-electron chi connectivity index (χ0n) is 20.3. The number of hydrogen-bond donors (Lipinski definition) is 0. The summed E-state index contributed by atoms with van der Waals surface area (Å²) in [5, 5.41) is 0.506. The van der Waals surface area contributed by atoms with E-state index in [-0.39, 0.29) is 40.9 Å². The van der Waals surface area contributed by atoms with Gasteiger partial charge >= 0.3 is 5.97 Å². The smallest absolute Gasteiger partial charge is 0.338 e. The third kappa shape index (κ3) is 4.94. The quantitative estimate of drug-likeness (QED) is 0.234. The van der Waals surface area contributed by atoms with Crippen LogP contribution in [0.3, 0.4) is 0 Å². The molecule has 1 saturated carbocycles. The molecule has 5 rings (SSSR count). The molecule has 4 unspecified atom stereocenters. The summed E-state index contributed by atoms with van der Waals surface area (Å²) in [7, 11) is 0. The normalized spacial score (nSPS) is 21.9. The van der Waals surface area contributed by atoms with Crippen molar-refractivity contribution in [2.45, 2.75) is 38.2 Å². The van der Waals surface area contributed by atoms with Gasteiger partial charge in [-0.05, 0) is 86.2 Å². The second kappa shape index (κ2) is 10.3. The summed E-state index contributed by atoms with van der Waals surface area (Å²) in [4.78, 5) is 52.9. The molecule has 6 nitrogen and oxygen atoms in total.